The van der Waals surface area contributed by atoms with Gasteiger partial charge in [0.05, 0.1) is 7.11 Å². The quantitative estimate of drug-likeness (QED) is 0.929. The molecule has 0 spiro atoms. The third-order valence-electron chi connectivity index (χ3n) is 3.04. The molecule has 1 aromatic carbocycles. The standard InChI is InChI=1S/C16H18N2O2/c1-11-8-12(2)15(20-3)13(9-11)10-18-16(19)14-6-4-5-7-17-14/h4-9H,10H2,1-3H3,(H,18,19). The van der Waals surface area contributed by atoms with Gasteiger partial charge in [0.15, 0.2) is 0 Å². The third-order valence-corrected chi connectivity index (χ3v) is 3.04. The lowest BCUT2D eigenvalue weighted by Crippen LogP contribution is -2.24. The lowest BCUT2D eigenvalue weighted by Gasteiger charge is -2.13. The Labute approximate surface area is 118 Å². The largest absolute Gasteiger partial charge is 0.496 e. The smallest absolute Gasteiger partial charge is 0.270 e. The number of aromatic nitrogens is 1. The van der Waals surface area contributed by atoms with Crippen LogP contribution in [-0.4, -0.2) is 18.0 Å². The molecular weight excluding hydrogens is 252 g/mol. The summed E-state index contributed by atoms with van der Waals surface area (Å²) in [6.45, 7) is 4.44. The molecule has 0 aliphatic heterocycles. The zero-order chi connectivity index (χ0) is 14.5. The van der Waals surface area contributed by atoms with Gasteiger partial charge < -0.3 is 10.1 Å². The van der Waals surface area contributed by atoms with E-state index in [-0.39, 0.29) is 5.91 Å². The molecular formula is C16H18N2O2. The molecule has 1 heterocycles. The maximum atomic E-state index is 12.0. The van der Waals surface area contributed by atoms with Crippen molar-refractivity contribution in [3.8, 4) is 5.75 Å². The van der Waals surface area contributed by atoms with Crippen molar-refractivity contribution in [2.45, 2.75) is 20.4 Å². The Morgan fingerprint density at radius 2 is 2.10 bits per heavy atom. The first-order valence-corrected chi connectivity index (χ1v) is 6.45. The molecule has 1 aromatic heterocycles. The zero-order valence-corrected chi connectivity index (χ0v) is 11.9. The molecule has 1 N–H and O–H groups in total. The Morgan fingerprint density at radius 1 is 1.30 bits per heavy atom. The molecule has 0 aliphatic carbocycles. The highest BCUT2D eigenvalue weighted by atomic mass is 16.5. The van der Waals surface area contributed by atoms with Gasteiger partial charge in [-0.1, -0.05) is 23.8 Å². The van der Waals surface area contributed by atoms with Crippen LogP contribution in [0.4, 0.5) is 0 Å². The van der Waals surface area contributed by atoms with E-state index in [2.05, 4.69) is 16.4 Å². The van der Waals surface area contributed by atoms with Crippen molar-refractivity contribution in [3.63, 3.8) is 0 Å². The van der Waals surface area contributed by atoms with E-state index in [9.17, 15) is 4.79 Å². The van der Waals surface area contributed by atoms with Crippen molar-refractivity contribution >= 4 is 5.91 Å². The van der Waals surface area contributed by atoms with Crippen molar-refractivity contribution in [2.75, 3.05) is 7.11 Å². The molecule has 4 nitrogen and oxygen atoms in total. The number of methoxy groups -OCH3 is 1. The van der Waals surface area contributed by atoms with E-state index in [0.717, 1.165) is 22.4 Å². The topological polar surface area (TPSA) is 51.2 Å². The average molecular weight is 270 g/mol. The number of carbonyl (C=O) groups excluding carboxylic acids is 1. The summed E-state index contributed by atoms with van der Waals surface area (Å²) in [7, 11) is 1.64. The second kappa shape index (κ2) is 6.19. The molecule has 4 heteroatoms. The maximum Gasteiger partial charge on any atom is 0.270 e. The highest BCUT2D eigenvalue weighted by Crippen LogP contribution is 2.24. The number of carbonyl (C=O) groups is 1. The number of aryl methyl sites for hydroxylation is 2. The van der Waals surface area contributed by atoms with Crippen LogP contribution in [0.2, 0.25) is 0 Å². The van der Waals surface area contributed by atoms with Crippen LogP contribution in [0.3, 0.4) is 0 Å². The molecule has 1 amide bonds. The van der Waals surface area contributed by atoms with Gasteiger partial charge in [0.1, 0.15) is 11.4 Å². The fourth-order valence-electron chi connectivity index (χ4n) is 2.23. The minimum Gasteiger partial charge on any atom is -0.496 e. The first kappa shape index (κ1) is 14.1. The lowest BCUT2D eigenvalue weighted by atomic mass is 10.1. The monoisotopic (exact) mass is 270 g/mol. The molecule has 2 rings (SSSR count). The number of nitrogens with zero attached hydrogens (tertiary/aromatic N) is 1. The van der Waals surface area contributed by atoms with Crippen LogP contribution in [0.5, 0.6) is 5.75 Å². The van der Waals surface area contributed by atoms with Crippen molar-refractivity contribution < 1.29 is 9.53 Å². The summed E-state index contributed by atoms with van der Waals surface area (Å²) in [5, 5.41) is 2.86. The van der Waals surface area contributed by atoms with Crippen LogP contribution < -0.4 is 10.1 Å². The van der Waals surface area contributed by atoms with Crippen molar-refractivity contribution in [3.05, 3.63) is 58.9 Å². The minimum absolute atomic E-state index is 0.188. The van der Waals surface area contributed by atoms with Gasteiger partial charge in [-0.3, -0.25) is 9.78 Å². The molecule has 2 aromatic rings. The molecule has 0 unspecified atom stereocenters. The number of amides is 1. The van der Waals surface area contributed by atoms with Gasteiger partial charge >= 0.3 is 0 Å². The van der Waals surface area contributed by atoms with E-state index in [1.165, 1.54) is 0 Å². The fourth-order valence-corrected chi connectivity index (χ4v) is 2.23. The fraction of sp³-hybridized carbons (Fsp3) is 0.250. The minimum atomic E-state index is -0.188. The van der Waals surface area contributed by atoms with E-state index < -0.39 is 0 Å². The summed E-state index contributed by atoms with van der Waals surface area (Å²) >= 11 is 0. The molecule has 0 bridgehead atoms. The normalized spacial score (nSPS) is 10.2. The summed E-state index contributed by atoms with van der Waals surface area (Å²) < 4.78 is 5.40. The lowest BCUT2D eigenvalue weighted by molar-refractivity contribution is 0.0945. The summed E-state index contributed by atoms with van der Waals surface area (Å²) in [5.74, 6) is 0.628. The zero-order valence-electron chi connectivity index (χ0n) is 11.9. The molecule has 104 valence electrons. The number of nitrogens with one attached hydrogen (secondary N) is 1. The van der Waals surface area contributed by atoms with Crippen LogP contribution in [0.1, 0.15) is 27.2 Å². The Kier molecular flexibility index (Phi) is 4.35. The Balaban J connectivity index is 2.13. The molecule has 0 aliphatic rings. The predicted octanol–water partition coefficient (Wildman–Crippen LogP) is 2.64. The van der Waals surface area contributed by atoms with E-state index >= 15 is 0 Å². The second-order valence-corrected chi connectivity index (χ2v) is 4.67. The van der Waals surface area contributed by atoms with Gasteiger partial charge in [0.2, 0.25) is 0 Å². The molecule has 0 fully saturated rings. The van der Waals surface area contributed by atoms with Crippen LogP contribution in [0.25, 0.3) is 0 Å². The molecule has 20 heavy (non-hydrogen) atoms. The number of hydrogen-bond donors (Lipinski definition) is 1. The van der Waals surface area contributed by atoms with Crippen molar-refractivity contribution in [1.29, 1.82) is 0 Å². The Hall–Kier alpha value is -2.36. The van der Waals surface area contributed by atoms with Crippen LogP contribution in [-0.2, 0) is 6.54 Å². The van der Waals surface area contributed by atoms with E-state index in [0.29, 0.717) is 12.2 Å². The maximum absolute atomic E-state index is 12.0. The van der Waals surface area contributed by atoms with Gasteiger partial charge in [0.25, 0.3) is 5.91 Å². The van der Waals surface area contributed by atoms with Gasteiger partial charge in [-0.15, -0.1) is 0 Å². The average Bonchev–Trinajstić information content (AvgIpc) is 2.45. The van der Waals surface area contributed by atoms with Crippen LogP contribution in [0.15, 0.2) is 36.5 Å². The second-order valence-electron chi connectivity index (χ2n) is 4.67. The molecule has 0 radical (unpaired) electrons. The Bertz CT molecular complexity index is 609. The number of pyridine rings is 1. The number of hydrogen-bond acceptors (Lipinski definition) is 3. The summed E-state index contributed by atoms with van der Waals surface area (Å²) in [5.41, 5.74) is 3.59. The highest BCUT2D eigenvalue weighted by Gasteiger charge is 2.10. The molecule has 0 saturated heterocycles. The van der Waals surface area contributed by atoms with E-state index in [4.69, 9.17) is 4.74 Å². The SMILES string of the molecule is COc1c(C)cc(C)cc1CNC(=O)c1ccccn1. The van der Waals surface area contributed by atoms with E-state index in [1.807, 2.05) is 19.9 Å². The highest BCUT2D eigenvalue weighted by molar-refractivity contribution is 5.92. The van der Waals surface area contributed by atoms with Gasteiger partial charge in [-0.05, 0) is 31.5 Å². The van der Waals surface area contributed by atoms with Gasteiger partial charge in [-0.25, -0.2) is 0 Å². The van der Waals surface area contributed by atoms with Gasteiger partial charge in [0, 0.05) is 18.3 Å². The Morgan fingerprint density at radius 3 is 2.75 bits per heavy atom. The van der Waals surface area contributed by atoms with Crippen LogP contribution >= 0.6 is 0 Å². The van der Waals surface area contributed by atoms with Gasteiger partial charge in [-0.2, -0.15) is 0 Å². The summed E-state index contributed by atoms with van der Waals surface area (Å²) in [4.78, 5) is 16.0. The number of benzene rings is 1. The summed E-state index contributed by atoms with van der Waals surface area (Å²) in [6, 6.07) is 9.34. The first-order valence-electron chi connectivity index (χ1n) is 6.45. The third kappa shape index (κ3) is 3.15. The molecule has 0 saturated carbocycles. The first-order chi connectivity index (χ1) is 9.61. The van der Waals surface area contributed by atoms with Crippen LogP contribution in [0, 0.1) is 13.8 Å². The number of rotatable bonds is 4. The number of ether oxygens (including phenoxy) is 1. The van der Waals surface area contributed by atoms with E-state index in [1.54, 1.807) is 31.5 Å². The van der Waals surface area contributed by atoms with Crippen molar-refractivity contribution in [2.24, 2.45) is 0 Å². The predicted molar refractivity (Wildman–Crippen MR) is 77.9 cm³/mol. The van der Waals surface area contributed by atoms with Crippen molar-refractivity contribution in [1.82, 2.24) is 10.3 Å². The molecule has 0 atom stereocenters. The summed E-state index contributed by atoms with van der Waals surface area (Å²) in [6.07, 6.45) is 1.60.